The van der Waals surface area contributed by atoms with Crippen molar-refractivity contribution in [2.45, 2.75) is 26.8 Å². The fourth-order valence-corrected chi connectivity index (χ4v) is 2.99. The molecule has 0 saturated heterocycles. The van der Waals surface area contributed by atoms with Crippen LogP contribution in [-0.4, -0.2) is 6.54 Å². The summed E-state index contributed by atoms with van der Waals surface area (Å²) in [6.45, 7) is 6.59. The number of anilines is 1. The van der Waals surface area contributed by atoms with Crippen molar-refractivity contribution in [3.8, 4) is 0 Å². The molecule has 1 aliphatic rings. The number of aryl methyl sites for hydroxylation is 2. The first-order valence-corrected chi connectivity index (χ1v) is 6.63. The normalized spacial score (nSPS) is 14.4. The maximum absolute atomic E-state index is 2.52. The molecule has 0 saturated carbocycles. The van der Waals surface area contributed by atoms with Crippen molar-refractivity contribution in [3.05, 3.63) is 64.7 Å². The number of fused-ring (bicyclic) bond motifs is 1. The van der Waals surface area contributed by atoms with Gasteiger partial charge in [0.1, 0.15) is 0 Å². The van der Waals surface area contributed by atoms with E-state index in [0.717, 1.165) is 19.5 Å². The molecule has 0 fully saturated rings. The number of hydrogen-bond acceptors (Lipinski definition) is 1. The van der Waals surface area contributed by atoms with Gasteiger partial charge >= 0.3 is 0 Å². The number of nitrogens with zero attached hydrogens (tertiary/aromatic N) is 1. The van der Waals surface area contributed by atoms with Gasteiger partial charge in [-0.25, -0.2) is 0 Å². The second kappa shape index (κ2) is 4.49. The third kappa shape index (κ3) is 1.90. The van der Waals surface area contributed by atoms with Crippen LogP contribution in [0.3, 0.4) is 0 Å². The molecule has 0 atom stereocenters. The van der Waals surface area contributed by atoms with Crippen LogP contribution < -0.4 is 4.90 Å². The summed E-state index contributed by atoms with van der Waals surface area (Å²) in [6, 6.07) is 15.4. The summed E-state index contributed by atoms with van der Waals surface area (Å²) in [5.74, 6) is 0. The Labute approximate surface area is 109 Å². The van der Waals surface area contributed by atoms with E-state index >= 15 is 0 Å². The van der Waals surface area contributed by atoms with E-state index in [1.807, 2.05) is 0 Å². The fourth-order valence-electron chi connectivity index (χ4n) is 2.99. The second-order valence-corrected chi connectivity index (χ2v) is 5.18. The number of rotatable bonds is 1. The molecule has 1 nitrogen and oxygen atoms in total. The van der Waals surface area contributed by atoms with Gasteiger partial charge in [-0.05, 0) is 42.5 Å². The van der Waals surface area contributed by atoms with Gasteiger partial charge in [-0.3, -0.25) is 0 Å². The average molecular weight is 237 g/mol. The highest BCUT2D eigenvalue weighted by Crippen LogP contribution is 2.29. The third-order valence-corrected chi connectivity index (χ3v) is 3.89. The molecular formula is C17H19N. The van der Waals surface area contributed by atoms with E-state index in [1.54, 1.807) is 0 Å². The van der Waals surface area contributed by atoms with Crippen molar-refractivity contribution in [1.82, 2.24) is 0 Å². The molecule has 0 unspecified atom stereocenters. The monoisotopic (exact) mass is 237 g/mol. The Balaban J connectivity index is 1.97. The summed E-state index contributed by atoms with van der Waals surface area (Å²) >= 11 is 0. The molecule has 0 N–H and O–H groups in total. The largest absolute Gasteiger partial charge is 0.366 e. The Hall–Kier alpha value is -1.76. The maximum atomic E-state index is 2.52. The maximum Gasteiger partial charge on any atom is 0.0432 e. The molecule has 0 spiro atoms. The van der Waals surface area contributed by atoms with Crippen molar-refractivity contribution in [1.29, 1.82) is 0 Å². The van der Waals surface area contributed by atoms with Crippen molar-refractivity contribution in [2.24, 2.45) is 0 Å². The van der Waals surface area contributed by atoms with E-state index in [1.165, 1.54) is 27.9 Å². The molecule has 0 bridgehead atoms. The van der Waals surface area contributed by atoms with Crippen LogP contribution in [0.15, 0.2) is 42.5 Å². The van der Waals surface area contributed by atoms with Gasteiger partial charge in [-0.1, -0.05) is 42.5 Å². The topological polar surface area (TPSA) is 3.24 Å². The van der Waals surface area contributed by atoms with Gasteiger partial charge in [-0.15, -0.1) is 0 Å². The Morgan fingerprint density at radius 3 is 2.22 bits per heavy atom. The van der Waals surface area contributed by atoms with E-state index in [0.29, 0.717) is 0 Å². The van der Waals surface area contributed by atoms with Gasteiger partial charge in [-0.2, -0.15) is 0 Å². The average Bonchev–Trinajstić information content (AvgIpc) is 2.38. The van der Waals surface area contributed by atoms with Crippen LogP contribution in [0.25, 0.3) is 0 Å². The zero-order valence-electron chi connectivity index (χ0n) is 11.1. The van der Waals surface area contributed by atoms with Crippen LogP contribution >= 0.6 is 0 Å². The van der Waals surface area contributed by atoms with Crippen LogP contribution in [0.5, 0.6) is 0 Å². The molecule has 1 aliphatic heterocycles. The first kappa shape index (κ1) is 11.3. The minimum atomic E-state index is 1.04. The number of benzene rings is 2. The summed E-state index contributed by atoms with van der Waals surface area (Å²) in [4.78, 5) is 2.52. The molecule has 0 amide bonds. The van der Waals surface area contributed by atoms with Gasteiger partial charge in [0, 0.05) is 18.8 Å². The first-order chi connectivity index (χ1) is 8.75. The van der Waals surface area contributed by atoms with Gasteiger partial charge in [0.15, 0.2) is 0 Å². The Bertz CT molecular complexity index is 551. The van der Waals surface area contributed by atoms with E-state index in [-0.39, 0.29) is 0 Å². The second-order valence-electron chi connectivity index (χ2n) is 5.18. The van der Waals surface area contributed by atoms with Crippen molar-refractivity contribution in [3.63, 3.8) is 0 Å². The molecule has 18 heavy (non-hydrogen) atoms. The molecule has 3 rings (SSSR count). The number of hydrogen-bond donors (Lipinski definition) is 0. The predicted molar refractivity (Wildman–Crippen MR) is 77.1 cm³/mol. The van der Waals surface area contributed by atoms with Crippen LogP contribution in [0.1, 0.15) is 22.3 Å². The highest BCUT2D eigenvalue weighted by atomic mass is 15.1. The van der Waals surface area contributed by atoms with Crippen LogP contribution in [0, 0.1) is 13.8 Å². The molecule has 1 heterocycles. The first-order valence-electron chi connectivity index (χ1n) is 6.63. The summed E-state index contributed by atoms with van der Waals surface area (Å²) in [7, 11) is 0. The van der Waals surface area contributed by atoms with E-state index in [4.69, 9.17) is 0 Å². The van der Waals surface area contributed by atoms with Gasteiger partial charge in [0.2, 0.25) is 0 Å². The van der Waals surface area contributed by atoms with E-state index in [9.17, 15) is 0 Å². The third-order valence-electron chi connectivity index (χ3n) is 3.89. The zero-order chi connectivity index (χ0) is 12.5. The molecule has 1 heteroatoms. The molecular weight excluding hydrogens is 218 g/mol. The molecule has 0 aromatic heterocycles. The Kier molecular flexibility index (Phi) is 2.83. The molecule has 0 aliphatic carbocycles. The summed E-state index contributed by atoms with van der Waals surface area (Å²) in [5, 5.41) is 0. The van der Waals surface area contributed by atoms with Gasteiger partial charge < -0.3 is 4.90 Å². The summed E-state index contributed by atoms with van der Waals surface area (Å²) in [6.07, 6.45) is 1.16. The van der Waals surface area contributed by atoms with Crippen molar-refractivity contribution in [2.75, 3.05) is 11.4 Å². The lowest BCUT2D eigenvalue weighted by Gasteiger charge is -2.33. The lowest BCUT2D eigenvalue weighted by atomic mass is 9.98. The SMILES string of the molecule is Cc1cccc(C)c1N1CCc2ccccc2C1. The molecule has 2 aromatic carbocycles. The highest BCUT2D eigenvalue weighted by molar-refractivity contribution is 5.60. The molecule has 2 aromatic rings. The summed E-state index contributed by atoms with van der Waals surface area (Å²) < 4.78 is 0. The van der Waals surface area contributed by atoms with E-state index < -0.39 is 0 Å². The van der Waals surface area contributed by atoms with Crippen LogP contribution in [0.4, 0.5) is 5.69 Å². The van der Waals surface area contributed by atoms with Crippen LogP contribution in [0.2, 0.25) is 0 Å². The van der Waals surface area contributed by atoms with Crippen molar-refractivity contribution < 1.29 is 0 Å². The molecule has 92 valence electrons. The minimum absolute atomic E-state index is 1.04. The highest BCUT2D eigenvalue weighted by Gasteiger charge is 2.18. The fraction of sp³-hybridized carbons (Fsp3) is 0.294. The molecule has 0 radical (unpaired) electrons. The van der Waals surface area contributed by atoms with Crippen molar-refractivity contribution >= 4 is 5.69 Å². The van der Waals surface area contributed by atoms with Gasteiger partial charge in [0.25, 0.3) is 0 Å². The van der Waals surface area contributed by atoms with Gasteiger partial charge in [0.05, 0.1) is 0 Å². The minimum Gasteiger partial charge on any atom is -0.366 e. The lowest BCUT2D eigenvalue weighted by Crippen LogP contribution is -2.31. The quantitative estimate of drug-likeness (QED) is 0.728. The Morgan fingerprint density at radius 1 is 0.833 bits per heavy atom. The smallest absolute Gasteiger partial charge is 0.0432 e. The zero-order valence-corrected chi connectivity index (χ0v) is 11.1. The Morgan fingerprint density at radius 2 is 1.50 bits per heavy atom. The lowest BCUT2D eigenvalue weighted by molar-refractivity contribution is 0.727. The summed E-state index contributed by atoms with van der Waals surface area (Å²) in [5.41, 5.74) is 7.18. The predicted octanol–water partition coefficient (Wildman–Crippen LogP) is 3.87. The van der Waals surface area contributed by atoms with Crippen LogP contribution in [-0.2, 0) is 13.0 Å². The number of para-hydroxylation sites is 1. The van der Waals surface area contributed by atoms with E-state index in [2.05, 4.69) is 61.2 Å². The standard InChI is InChI=1S/C17H19N/c1-13-6-5-7-14(2)17(13)18-11-10-15-8-3-4-9-16(15)12-18/h3-9H,10-12H2,1-2H3.